The molecule has 1 heterocycles. The van der Waals surface area contributed by atoms with Gasteiger partial charge in [-0.15, -0.1) is 0 Å². The molecule has 1 aliphatic heterocycles. The smallest absolute Gasteiger partial charge is 0.410 e. The van der Waals surface area contributed by atoms with Crippen molar-refractivity contribution in [2.24, 2.45) is 0 Å². The number of nitrogens with zero attached hydrogens (tertiary/aromatic N) is 1. The Morgan fingerprint density at radius 1 is 1.14 bits per heavy atom. The van der Waals surface area contributed by atoms with E-state index in [0.29, 0.717) is 6.54 Å². The van der Waals surface area contributed by atoms with E-state index in [9.17, 15) is 4.79 Å². The lowest BCUT2D eigenvalue weighted by Crippen LogP contribution is -2.40. The summed E-state index contributed by atoms with van der Waals surface area (Å²) in [5, 5.41) is 0. The first-order chi connectivity index (χ1) is 10.6. The Labute approximate surface area is 139 Å². The van der Waals surface area contributed by atoms with Gasteiger partial charge in [0.05, 0.1) is 6.04 Å². The molecule has 1 amide bonds. The number of amides is 1. The van der Waals surface area contributed by atoms with Crippen molar-refractivity contribution in [2.45, 2.75) is 25.5 Å². The van der Waals surface area contributed by atoms with Gasteiger partial charge in [0.2, 0.25) is 0 Å². The number of hydrogen-bond donors (Lipinski definition) is 0. The SMILES string of the molecule is CC(c1ccc(Br)cc1)N1CCC(c2ccccc2)OC1=O. The van der Waals surface area contributed by atoms with Gasteiger partial charge in [-0.25, -0.2) is 4.79 Å². The van der Waals surface area contributed by atoms with E-state index in [0.717, 1.165) is 22.0 Å². The summed E-state index contributed by atoms with van der Waals surface area (Å²) in [4.78, 5) is 14.1. The van der Waals surface area contributed by atoms with Crippen molar-refractivity contribution in [2.75, 3.05) is 6.54 Å². The van der Waals surface area contributed by atoms with Crippen LogP contribution in [0, 0.1) is 0 Å². The van der Waals surface area contributed by atoms with Gasteiger partial charge < -0.3 is 9.64 Å². The summed E-state index contributed by atoms with van der Waals surface area (Å²) in [5.74, 6) is 0. The van der Waals surface area contributed by atoms with E-state index in [-0.39, 0.29) is 18.2 Å². The summed E-state index contributed by atoms with van der Waals surface area (Å²) in [6, 6.07) is 18.0. The fourth-order valence-corrected chi connectivity index (χ4v) is 3.04. The molecule has 114 valence electrons. The summed E-state index contributed by atoms with van der Waals surface area (Å²) in [7, 11) is 0. The van der Waals surface area contributed by atoms with E-state index < -0.39 is 0 Å². The molecule has 2 atom stereocenters. The Morgan fingerprint density at radius 3 is 2.45 bits per heavy atom. The number of hydrogen-bond acceptors (Lipinski definition) is 2. The number of rotatable bonds is 3. The third kappa shape index (κ3) is 3.17. The van der Waals surface area contributed by atoms with Crippen LogP contribution in [0.15, 0.2) is 59.1 Å². The van der Waals surface area contributed by atoms with Gasteiger partial charge in [-0.3, -0.25) is 0 Å². The van der Waals surface area contributed by atoms with Crippen LogP contribution >= 0.6 is 15.9 Å². The largest absolute Gasteiger partial charge is 0.441 e. The van der Waals surface area contributed by atoms with Gasteiger partial charge in [0.15, 0.2) is 0 Å². The highest BCUT2D eigenvalue weighted by Gasteiger charge is 2.31. The van der Waals surface area contributed by atoms with Crippen LogP contribution in [0.25, 0.3) is 0 Å². The Kier molecular flexibility index (Phi) is 4.48. The van der Waals surface area contributed by atoms with Gasteiger partial charge in [-0.05, 0) is 30.2 Å². The molecule has 2 aromatic rings. The minimum absolute atomic E-state index is 0.0114. The van der Waals surface area contributed by atoms with Gasteiger partial charge in [0, 0.05) is 17.4 Å². The Balaban J connectivity index is 1.70. The number of carbonyl (C=O) groups excluding carboxylic acids is 1. The first kappa shape index (κ1) is 15.1. The summed E-state index contributed by atoms with van der Waals surface area (Å²) in [5.41, 5.74) is 2.17. The van der Waals surface area contributed by atoms with Crippen LogP contribution in [-0.2, 0) is 4.74 Å². The second kappa shape index (κ2) is 6.53. The normalized spacial score (nSPS) is 19.6. The van der Waals surface area contributed by atoms with Crippen molar-refractivity contribution >= 4 is 22.0 Å². The molecule has 2 aromatic carbocycles. The van der Waals surface area contributed by atoms with Gasteiger partial charge in [-0.1, -0.05) is 58.4 Å². The Morgan fingerprint density at radius 2 is 1.82 bits per heavy atom. The third-order valence-electron chi connectivity index (χ3n) is 4.10. The summed E-state index contributed by atoms with van der Waals surface area (Å²) < 4.78 is 6.67. The second-order valence-electron chi connectivity index (χ2n) is 5.49. The number of carbonyl (C=O) groups is 1. The van der Waals surface area contributed by atoms with Crippen LogP contribution in [0.3, 0.4) is 0 Å². The summed E-state index contributed by atoms with van der Waals surface area (Å²) >= 11 is 3.43. The Hall–Kier alpha value is -1.81. The van der Waals surface area contributed by atoms with Crippen LogP contribution in [0.5, 0.6) is 0 Å². The van der Waals surface area contributed by atoms with Crippen LogP contribution in [0.2, 0.25) is 0 Å². The van der Waals surface area contributed by atoms with Crippen LogP contribution in [0.4, 0.5) is 4.79 Å². The molecule has 1 fully saturated rings. The monoisotopic (exact) mass is 359 g/mol. The zero-order valence-electron chi connectivity index (χ0n) is 12.4. The van der Waals surface area contributed by atoms with E-state index >= 15 is 0 Å². The first-order valence-electron chi connectivity index (χ1n) is 7.43. The molecule has 0 aromatic heterocycles. The van der Waals surface area contributed by atoms with E-state index in [1.807, 2.05) is 61.5 Å². The molecule has 1 saturated heterocycles. The van der Waals surface area contributed by atoms with Crippen molar-refractivity contribution in [3.8, 4) is 0 Å². The molecular weight excluding hydrogens is 342 g/mol. The number of cyclic esters (lactones) is 1. The minimum Gasteiger partial charge on any atom is -0.441 e. The topological polar surface area (TPSA) is 29.5 Å². The number of ether oxygens (including phenoxy) is 1. The fraction of sp³-hybridized carbons (Fsp3) is 0.278. The minimum atomic E-state index is -0.240. The van der Waals surface area contributed by atoms with E-state index in [1.54, 1.807) is 4.90 Å². The maximum Gasteiger partial charge on any atom is 0.410 e. The number of halogens is 1. The zero-order chi connectivity index (χ0) is 15.5. The molecule has 4 heteroatoms. The summed E-state index contributed by atoms with van der Waals surface area (Å²) in [6.45, 7) is 2.74. The molecule has 0 aliphatic carbocycles. The molecule has 0 saturated carbocycles. The molecule has 0 radical (unpaired) electrons. The van der Waals surface area contributed by atoms with Gasteiger partial charge in [0.25, 0.3) is 0 Å². The predicted molar refractivity (Wildman–Crippen MR) is 89.5 cm³/mol. The lowest BCUT2D eigenvalue weighted by atomic mass is 10.0. The highest BCUT2D eigenvalue weighted by atomic mass is 79.9. The highest BCUT2D eigenvalue weighted by Crippen LogP contribution is 2.31. The maximum absolute atomic E-state index is 12.4. The molecule has 3 nitrogen and oxygen atoms in total. The quantitative estimate of drug-likeness (QED) is 0.763. The second-order valence-corrected chi connectivity index (χ2v) is 6.41. The van der Waals surface area contributed by atoms with E-state index in [4.69, 9.17) is 4.74 Å². The van der Waals surface area contributed by atoms with Crippen LogP contribution < -0.4 is 0 Å². The zero-order valence-corrected chi connectivity index (χ0v) is 14.0. The van der Waals surface area contributed by atoms with Gasteiger partial charge >= 0.3 is 6.09 Å². The van der Waals surface area contributed by atoms with Crippen molar-refractivity contribution in [3.63, 3.8) is 0 Å². The van der Waals surface area contributed by atoms with E-state index in [2.05, 4.69) is 15.9 Å². The molecule has 22 heavy (non-hydrogen) atoms. The predicted octanol–water partition coefficient (Wildman–Crippen LogP) is 5.09. The lowest BCUT2D eigenvalue weighted by Gasteiger charge is -2.36. The summed E-state index contributed by atoms with van der Waals surface area (Å²) in [6.07, 6.45) is 0.439. The van der Waals surface area contributed by atoms with Crippen molar-refractivity contribution in [3.05, 3.63) is 70.2 Å². The average Bonchev–Trinajstić information content (AvgIpc) is 2.56. The maximum atomic E-state index is 12.4. The lowest BCUT2D eigenvalue weighted by molar-refractivity contribution is 0.0123. The van der Waals surface area contributed by atoms with Crippen LogP contribution in [0.1, 0.15) is 36.6 Å². The molecule has 0 spiro atoms. The molecular formula is C18H18BrNO2. The standard InChI is InChI=1S/C18H18BrNO2/c1-13(14-7-9-16(19)10-8-14)20-12-11-17(22-18(20)21)15-5-3-2-4-6-15/h2-10,13,17H,11-12H2,1H3. The highest BCUT2D eigenvalue weighted by molar-refractivity contribution is 9.10. The fourth-order valence-electron chi connectivity index (χ4n) is 2.77. The first-order valence-corrected chi connectivity index (χ1v) is 8.22. The molecule has 0 N–H and O–H groups in total. The molecule has 1 aliphatic rings. The van der Waals surface area contributed by atoms with Gasteiger partial charge in [-0.2, -0.15) is 0 Å². The number of benzene rings is 2. The third-order valence-corrected chi connectivity index (χ3v) is 4.63. The van der Waals surface area contributed by atoms with Gasteiger partial charge in [0.1, 0.15) is 6.10 Å². The molecule has 3 rings (SSSR count). The van der Waals surface area contributed by atoms with Crippen molar-refractivity contribution in [1.29, 1.82) is 0 Å². The van der Waals surface area contributed by atoms with Crippen molar-refractivity contribution < 1.29 is 9.53 Å². The average molecular weight is 360 g/mol. The Bertz CT molecular complexity index is 642. The van der Waals surface area contributed by atoms with Crippen molar-refractivity contribution in [1.82, 2.24) is 4.90 Å². The van der Waals surface area contributed by atoms with Crippen LogP contribution in [-0.4, -0.2) is 17.5 Å². The van der Waals surface area contributed by atoms with E-state index in [1.165, 1.54) is 0 Å². The molecule has 2 unspecified atom stereocenters. The molecule has 0 bridgehead atoms.